The van der Waals surface area contributed by atoms with Gasteiger partial charge in [-0.25, -0.2) is 5.53 Å². The van der Waals surface area contributed by atoms with E-state index in [4.69, 9.17) is 10.3 Å². The van der Waals surface area contributed by atoms with Gasteiger partial charge in [-0.15, -0.1) is 0 Å². The largest absolute Gasteiger partial charge is 0.496 e. The molecule has 3 heteroatoms. The molecule has 0 aromatic heterocycles. The van der Waals surface area contributed by atoms with Crippen LogP contribution < -0.4 is 4.74 Å². The molecule has 0 fully saturated rings. The number of nitrogens with zero attached hydrogens (tertiary/aromatic N) is 1. The van der Waals surface area contributed by atoms with Crippen molar-refractivity contribution >= 4 is 5.70 Å². The summed E-state index contributed by atoms with van der Waals surface area (Å²) in [6.07, 6.45) is 4.96. The number of methoxy groups -OCH3 is 1. The molecule has 3 nitrogen and oxygen atoms in total. The summed E-state index contributed by atoms with van der Waals surface area (Å²) in [7, 11) is 1.70. The maximum Gasteiger partial charge on any atom is 0.122 e. The van der Waals surface area contributed by atoms with Gasteiger partial charge in [-0.3, -0.25) is 0 Å². The van der Waals surface area contributed by atoms with Crippen LogP contribution in [0.25, 0.3) is 5.70 Å². The summed E-state index contributed by atoms with van der Waals surface area (Å²) in [4.78, 5) is 0. The summed E-state index contributed by atoms with van der Waals surface area (Å²) < 4.78 is 5.44. The molecule has 0 aliphatic carbocycles. The van der Waals surface area contributed by atoms with Crippen LogP contribution in [0.5, 0.6) is 5.75 Å². The Hall–Kier alpha value is -1.64. The number of hydrogen-bond acceptors (Lipinski definition) is 3. The van der Waals surface area contributed by atoms with Crippen molar-refractivity contribution in [3.8, 4) is 5.75 Å². The Morgan fingerprint density at radius 1 is 1.35 bits per heavy atom. The molecule has 0 spiro atoms. The molecule has 0 aliphatic rings. The monoisotopic (exact) mass is 274 g/mol. The Balaban J connectivity index is 3.17. The molecule has 0 atom stereocenters. The zero-order chi connectivity index (χ0) is 15.2. The van der Waals surface area contributed by atoms with Gasteiger partial charge in [0.2, 0.25) is 0 Å². The van der Waals surface area contributed by atoms with Gasteiger partial charge in [0, 0.05) is 5.56 Å². The van der Waals surface area contributed by atoms with Gasteiger partial charge in [-0.1, -0.05) is 40.2 Å². The van der Waals surface area contributed by atoms with Crippen LogP contribution in [-0.2, 0) is 6.42 Å². The minimum Gasteiger partial charge on any atom is -0.496 e. The van der Waals surface area contributed by atoms with E-state index in [2.05, 4.69) is 38.9 Å². The fraction of sp³-hybridized carbons (Fsp3) is 0.529. The van der Waals surface area contributed by atoms with Gasteiger partial charge in [0.25, 0.3) is 0 Å². The first kappa shape index (κ1) is 16.4. The second-order valence-corrected chi connectivity index (χ2v) is 6.25. The number of ether oxygens (including phenoxy) is 1. The summed E-state index contributed by atoms with van der Waals surface area (Å²) in [5.74, 6) is 0.906. The quantitative estimate of drug-likeness (QED) is 0.688. The standard InChI is InChI=1S/C17H26N2O/c1-6-7-8-15(19-18)13-9-10-16(20-5)14(11-13)12-17(2,3)4/h8-11,18H,6-7,12H2,1-5H3/b15-8+,19-18?. The number of allylic oxidation sites excluding steroid dienone is 1. The Bertz CT molecular complexity index is 484. The molecular formula is C17H26N2O. The van der Waals surface area contributed by atoms with Crippen LogP contribution in [0.2, 0.25) is 0 Å². The van der Waals surface area contributed by atoms with Crippen LogP contribution in [0.3, 0.4) is 0 Å². The lowest BCUT2D eigenvalue weighted by Crippen LogP contribution is -2.10. The molecule has 0 amide bonds. The van der Waals surface area contributed by atoms with Gasteiger partial charge in [0.1, 0.15) is 5.75 Å². The Kier molecular flexibility index (Phi) is 5.93. The normalized spacial score (nSPS) is 12.3. The van der Waals surface area contributed by atoms with Gasteiger partial charge in [-0.2, -0.15) is 5.11 Å². The first-order valence-corrected chi connectivity index (χ1v) is 7.16. The van der Waals surface area contributed by atoms with E-state index in [1.54, 1.807) is 7.11 Å². The molecule has 0 radical (unpaired) electrons. The summed E-state index contributed by atoms with van der Waals surface area (Å²) in [5.41, 5.74) is 10.4. The molecular weight excluding hydrogens is 248 g/mol. The van der Waals surface area contributed by atoms with E-state index < -0.39 is 0 Å². The van der Waals surface area contributed by atoms with Crippen molar-refractivity contribution < 1.29 is 4.74 Å². The third-order valence-electron chi connectivity index (χ3n) is 3.04. The van der Waals surface area contributed by atoms with Gasteiger partial charge < -0.3 is 4.74 Å². The van der Waals surface area contributed by atoms with Gasteiger partial charge in [0.05, 0.1) is 12.8 Å². The fourth-order valence-corrected chi connectivity index (χ4v) is 2.16. The summed E-state index contributed by atoms with van der Waals surface area (Å²) in [6.45, 7) is 8.75. The lowest BCUT2D eigenvalue weighted by molar-refractivity contribution is 0.379. The van der Waals surface area contributed by atoms with Gasteiger partial charge in [0.15, 0.2) is 0 Å². The molecule has 0 saturated carbocycles. The van der Waals surface area contributed by atoms with Crippen molar-refractivity contribution in [1.29, 1.82) is 5.53 Å². The molecule has 1 aromatic carbocycles. The van der Waals surface area contributed by atoms with E-state index in [0.717, 1.165) is 36.3 Å². The van der Waals surface area contributed by atoms with Crippen LogP contribution in [0.15, 0.2) is 29.4 Å². The SMILES string of the molecule is CCC/C=C(/N=N)c1ccc(OC)c(CC(C)(C)C)c1. The van der Waals surface area contributed by atoms with E-state index in [0.29, 0.717) is 0 Å². The van der Waals surface area contributed by atoms with Crippen LogP contribution in [0, 0.1) is 10.9 Å². The maximum atomic E-state index is 7.35. The first-order chi connectivity index (χ1) is 9.41. The summed E-state index contributed by atoms with van der Waals surface area (Å²) in [5, 5.41) is 3.66. The lowest BCUT2D eigenvalue weighted by atomic mass is 9.87. The molecule has 0 unspecified atom stereocenters. The Morgan fingerprint density at radius 3 is 2.55 bits per heavy atom. The highest BCUT2D eigenvalue weighted by molar-refractivity contribution is 5.65. The van der Waals surface area contributed by atoms with E-state index in [-0.39, 0.29) is 5.41 Å². The van der Waals surface area contributed by atoms with Crippen molar-refractivity contribution in [2.45, 2.75) is 47.0 Å². The fourth-order valence-electron chi connectivity index (χ4n) is 2.16. The zero-order valence-corrected chi connectivity index (χ0v) is 13.3. The molecule has 110 valence electrons. The van der Waals surface area contributed by atoms with E-state index in [1.165, 1.54) is 5.56 Å². The summed E-state index contributed by atoms with van der Waals surface area (Å²) >= 11 is 0. The van der Waals surface area contributed by atoms with Gasteiger partial charge >= 0.3 is 0 Å². The Morgan fingerprint density at radius 2 is 2.05 bits per heavy atom. The third-order valence-corrected chi connectivity index (χ3v) is 3.04. The van der Waals surface area contributed by atoms with Crippen molar-refractivity contribution in [1.82, 2.24) is 0 Å². The lowest BCUT2D eigenvalue weighted by Gasteiger charge is -2.20. The number of benzene rings is 1. The number of hydrogen-bond donors (Lipinski definition) is 1. The highest BCUT2D eigenvalue weighted by Crippen LogP contribution is 2.30. The predicted molar refractivity (Wildman–Crippen MR) is 84.2 cm³/mol. The second kappa shape index (κ2) is 7.22. The average Bonchev–Trinajstić information content (AvgIpc) is 2.38. The van der Waals surface area contributed by atoms with Crippen molar-refractivity contribution in [3.63, 3.8) is 0 Å². The van der Waals surface area contributed by atoms with Crippen molar-refractivity contribution in [2.75, 3.05) is 7.11 Å². The number of unbranched alkanes of at least 4 members (excludes halogenated alkanes) is 1. The van der Waals surface area contributed by atoms with Crippen LogP contribution in [0.1, 0.15) is 51.7 Å². The maximum absolute atomic E-state index is 7.35. The van der Waals surface area contributed by atoms with E-state index >= 15 is 0 Å². The van der Waals surface area contributed by atoms with Crippen molar-refractivity contribution in [2.24, 2.45) is 10.5 Å². The molecule has 0 heterocycles. The Labute approximate surface area is 122 Å². The zero-order valence-electron chi connectivity index (χ0n) is 13.3. The van der Waals surface area contributed by atoms with Gasteiger partial charge in [-0.05, 0) is 42.0 Å². The third kappa shape index (κ3) is 4.80. The molecule has 1 N–H and O–H groups in total. The molecule has 0 aliphatic heterocycles. The van der Waals surface area contributed by atoms with Crippen LogP contribution >= 0.6 is 0 Å². The molecule has 1 aromatic rings. The number of nitrogens with one attached hydrogen (secondary N) is 1. The van der Waals surface area contributed by atoms with E-state index in [9.17, 15) is 0 Å². The predicted octanol–water partition coefficient (Wildman–Crippen LogP) is 5.46. The number of rotatable bonds is 6. The second-order valence-electron chi connectivity index (χ2n) is 6.25. The molecule has 0 bridgehead atoms. The van der Waals surface area contributed by atoms with Crippen LogP contribution in [-0.4, -0.2) is 7.11 Å². The minimum atomic E-state index is 0.192. The highest BCUT2D eigenvalue weighted by atomic mass is 16.5. The van der Waals surface area contributed by atoms with E-state index in [1.807, 2.05) is 18.2 Å². The molecule has 1 rings (SSSR count). The highest BCUT2D eigenvalue weighted by Gasteiger charge is 2.16. The van der Waals surface area contributed by atoms with Crippen LogP contribution in [0.4, 0.5) is 0 Å². The first-order valence-electron chi connectivity index (χ1n) is 7.16. The van der Waals surface area contributed by atoms with Crippen molar-refractivity contribution in [3.05, 3.63) is 35.4 Å². The average molecular weight is 274 g/mol. The molecule has 0 saturated heterocycles. The molecule has 20 heavy (non-hydrogen) atoms. The topological polar surface area (TPSA) is 45.4 Å². The summed E-state index contributed by atoms with van der Waals surface area (Å²) in [6, 6.07) is 6.05. The minimum absolute atomic E-state index is 0.192. The smallest absolute Gasteiger partial charge is 0.122 e.